The zero-order valence-corrected chi connectivity index (χ0v) is 12.7. The van der Waals surface area contributed by atoms with Gasteiger partial charge in [-0.2, -0.15) is 0 Å². The van der Waals surface area contributed by atoms with E-state index in [1.807, 2.05) is 0 Å². The van der Waals surface area contributed by atoms with E-state index < -0.39 is 0 Å². The van der Waals surface area contributed by atoms with Gasteiger partial charge in [0.05, 0.1) is 0 Å². The molecule has 3 unspecified atom stereocenters. The summed E-state index contributed by atoms with van der Waals surface area (Å²) in [5.41, 5.74) is 0.369. The third-order valence-electron chi connectivity index (χ3n) is 4.60. The standard InChI is InChI=1S/C15H32N2/c1-7-13-8-9-16-14(10-13)11-17(6)12(2)15(3,4)5/h12-14,16H,7-11H2,1-6H3. The zero-order valence-electron chi connectivity index (χ0n) is 12.7. The minimum absolute atomic E-state index is 0.369. The van der Waals surface area contributed by atoms with Gasteiger partial charge in [0.2, 0.25) is 0 Å². The molecule has 1 N–H and O–H groups in total. The van der Waals surface area contributed by atoms with Crippen molar-refractivity contribution >= 4 is 0 Å². The van der Waals surface area contributed by atoms with E-state index in [1.54, 1.807) is 0 Å². The maximum absolute atomic E-state index is 3.68. The van der Waals surface area contributed by atoms with E-state index in [0.29, 0.717) is 17.5 Å². The van der Waals surface area contributed by atoms with Crippen molar-refractivity contribution in [3.8, 4) is 0 Å². The average molecular weight is 240 g/mol. The molecule has 1 fully saturated rings. The SMILES string of the molecule is CCC1CCNC(CN(C)C(C)C(C)(C)C)C1. The van der Waals surface area contributed by atoms with Crippen molar-refractivity contribution in [3.05, 3.63) is 0 Å². The van der Waals surface area contributed by atoms with Gasteiger partial charge in [0.1, 0.15) is 0 Å². The van der Waals surface area contributed by atoms with Crippen LogP contribution in [0.3, 0.4) is 0 Å². The Morgan fingerprint density at radius 3 is 2.53 bits per heavy atom. The van der Waals surface area contributed by atoms with E-state index >= 15 is 0 Å². The normalized spacial score (nSPS) is 28.4. The number of nitrogens with zero attached hydrogens (tertiary/aromatic N) is 1. The molecular weight excluding hydrogens is 208 g/mol. The van der Waals surface area contributed by atoms with Crippen molar-refractivity contribution in [2.75, 3.05) is 20.1 Å². The highest BCUT2D eigenvalue weighted by molar-refractivity contribution is 4.84. The number of rotatable bonds is 4. The molecule has 1 heterocycles. The smallest absolute Gasteiger partial charge is 0.0197 e. The van der Waals surface area contributed by atoms with Gasteiger partial charge in [-0.05, 0) is 44.7 Å². The quantitative estimate of drug-likeness (QED) is 0.812. The molecule has 0 bridgehead atoms. The highest BCUT2D eigenvalue weighted by Crippen LogP contribution is 2.25. The van der Waals surface area contributed by atoms with Crippen LogP contribution in [0.1, 0.15) is 53.9 Å². The van der Waals surface area contributed by atoms with Crippen molar-refractivity contribution < 1.29 is 0 Å². The molecule has 17 heavy (non-hydrogen) atoms. The predicted molar refractivity (Wildman–Crippen MR) is 76.4 cm³/mol. The van der Waals surface area contributed by atoms with Crippen LogP contribution < -0.4 is 5.32 Å². The summed E-state index contributed by atoms with van der Waals surface area (Å²) in [7, 11) is 2.27. The van der Waals surface area contributed by atoms with Gasteiger partial charge in [-0.1, -0.05) is 34.1 Å². The zero-order chi connectivity index (χ0) is 13.1. The minimum Gasteiger partial charge on any atom is -0.313 e. The Morgan fingerprint density at radius 2 is 2.00 bits per heavy atom. The summed E-state index contributed by atoms with van der Waals surface area (Å²) < 4.78 is 0. The minimum atomic E-state index is 0.369. The first-order valence-electron chi connectivity index (χ1n) is 7.28. The van der Waals surface area contributed by atoms with E-state index in [1.165, 1.54) is 32.4 Å². The average Bonchev–Trinajstić information content (AvgIpc) is 2.27. The van der Waals surface area contributed by atoms with Gasteiger partial charge in [0.25, 0.3) is 0 Å². The van der Waals surface area contributed by atoms with Crippen molar-refractivity contribution in [2.45, 2.75) is 66.0 Å². The highest BCUT2D eigenvalue weighted by Gasteiger charge is 2.27. The van der Waals surface area contributed by atoms with Crippen LogP contribution >= 0.6 is 0 Å². The number of nitrogens with one attached hydrogen (secondary N) is 1. The van der Waals surface area contributed by atoms with Crippen LogP contribution in [0.4, 0.5) is 0 Å². The first-order chi connectivity index (χ1) is 7.84. The Bertz CT molecular complexity index is 219. The molecule has 0 aliphatic carbocycles. The van der Waals surface area contributed by atoms with E-state index in [-0.39, 0.29) is 0 Å². The van der Waals surface area contributed by atoms with E-state index in [2.05, 4.69) is 51.9 Å². The van der Waals surface area contributed by atoms with Gasteiger partial charge in [0.15, 0.2) is 0 Å². The predicted octanol–water partition coefficient (Wildman–Crippen LogP) is 3.13. The fourth-order valence-corrected chi connectivity index (χ4v) is 2.77. The molecule has 0 radical (unpaired) electrons. The Morgan fingerprint density at radius 1 is 1.35 bits per heavy atom. The molecule has 2 heteroatoms. The first kappa shape index (κ1) is 15.0. The summed E-state index contributed by atoms with van der Waals surface area (Å²) in [6, 6.07) is 1.33. The lowest BCUT2D eigenvalue weighted by Crippen LogP contribution is -2.49. The second-order valence-corrected chi connectivity index (χ2v) is 6.93. The molecule has 0 aromatic heterocycles. The molecule has 0 aromatic rings. The van der Waals surface area contributed by atoms with Crippen LogP contribution in [-0.2, 0) is 0 Å². The molecule has 1 rings (SSSR count). The van der Waals surface area contributed by atoms with E-state index in [4.69, 9.17) is 0 Å². The van der Waals surface area contributed by atoms with Gasteiger partial charge in [-0.15, -0.1) is 0 Å². The van der Waals surface area contributed by atoms with E-state index in [0.717, 1.165) is 5.92 Å². The van der Waals surface area contributed by atoms with Crippen molar-refractivity contribution in [2.24, 2.45) is 11.3 Å². The molecule has 0 spiro atoms. The van der Waals surface area contributed by atoms with Crippen LogP contribution in [0.15, 0.2) is 0 Å². The fourth-order valence-electron chi connectivity index (χ4n) is 2.77. The maximum Gasteiger partial charge on any atom is 0.0197 e. The van der Waals surface area contributed by atoms with Crippen molar-refractivity contribution in [1.29, 1.82) is 0 Å². The summed E-state index contributed by atoms with van der Waals surface area (Å²) in [6.45, 7) is 14.1. The number of piperidine rings is 1. The summed E-state index contributed by atoms with van der Waals surface area (Å²) >= 11 is 0. The van der Waals surface area contributed by atoms with Gasteiger partial charge >= 0.3 is 0 Å². The summed E-state index contributed by atoms with van der Waals surface area (Å²) in [5.74, 6) is 0.944. The number of likely N-dealkylation sites (N-methyl/N-ethyl adjacent to an activating group) is 1. The van der Waals surface area contributed by atoms with Gasteiger partial charge in [-0.25, -0.2) is 0 Å². The van der Waals surface area contributed by atoms with Crippen LogP contribution in [-0.4, -0.2) is 37.1 Å². The highest BCUT2D eigenvalue weighted by atomic mass is 15.2. The molecule has 1 aliphatic rings. The van der Waals surface area contributed by atoms with Crippen LogP contribution in [0, 0.1) is 11.3 Å². The largest absolute Gasteiger partial charge is 0.313 e. The second-order valence-electron chi connectivity index (χ2n) is 6.93. The lowest BCUT2D eigenvalue weighted by Gasteiger charge is -2.39. The first-order valence-corrected chi connectivity index (χ1v) is 7.28. The van der Waals surface area contributed by atoms with Crippen molar-refractivity contribution in [1.82, 2.24) is 10.2 Å². The molecule has 1 saturated heterocycles. The fraction of sp³-hybridized carbons (Fsp3) is 1.00. The molecule has 0 aromatic carbocycles. The molecule has 102 valence electrons. The number of hydrogen-bond donors (Lipinski definition) is 1. The Hall–Kier alpha value is -0.0800. The molecule has 0 amide bonds. The van der Waals surface area contributed by atoms with Gasteiger partial charge in [0, 0.05) is 18.6 Å². The molecule has 3 atom stereocenters. The maximum atomic E-state index is 3.68. The third kappa shape index (κ3) is 4.59. The summed E-state index contributed by atoms with van der Waals surface area (Å²) in [5, 5.41) is 3.68. The lowest BCUT2D eigenvalue weighted by atomic mass is 9.86. The molecule has 2 nitrogen and oxygen atoms in total. The van der Waals surface area contributed by atoms with Crippen molar-refractivity contribution in [3.63, 3.8) is 0 Å². The van der Waals surface area contributed by atoms with Crippen LogP contribution in [0.5, 0.6) is 0 Å². The van der Waals surface area contributed by atoms with Crippen LogP contribution in [0.2, 0.25) is 0 Å². The van der Waals surface area contributed by atoms with E-state index in [9.17, 15) is 0 Å². The summed E-state index contributed by atoms with van der Waals surface area (Å²) in [4.78, 5) is 2.52. The molecular formula is C15H32N2. The summed E-state index contributed by atoms with van der Waals surface area (Å²) in [6.07, 6.45) is 4.07. The molecule has 0 saturated carbocycles. The lowest BCUT2D eigenvalue weighted by molar-refractivity contribution is 0.117. The Kier molecular flexibility index (Phi) is 5.46. The Labute approximate surface area is 108 Å². The third-order valence-corrected chi connectivity index (χ3v) is 4.60. The monoisotopic (exact) mass is 240 g/mol. The van der Waals surface area contributed by atoms with Gasteiger partial charge < -0.3 is 10.2 Å². The second kappa shape index (κ2) is 6.19. The topological polar surface area (TPSA) is 15.3 Å². The van der Waals surface area contributed by atoms with Crippen LogP contribution in [0.25, 0.3) is 0 Å². The number of hydrogen-bond acceptors (Lipinski definition) is 2. The molecule has 1 aliphatic heterocycles. The van der Waals surface area contributed by atoms with Gasteiger partial charge in [-0.3, -0.25) is 0 Å². The Balaban J connectivity index is 2.42.